The molecule has 3 aromatic heterocycles. The Morgan fingerprint density at radius 2 is 1.23 bits per heavy atom. The lowest BCUT2D eigenvalue weighted by atomic mass is 9.94. The molecule has 5 rings (SSSR count). The largest absolute Gasteiger partial charge is 0.748 e. The van der Waals surface area contributed by atoms with Crippen LogP contribution in [0.3, 0.4) is 0 Å². The van der Waals surface area contributed by atoms with Gasteiger partial charge in [0.25, 0.3) is 0 Å². The molecule has 4 aromatic rings. The van der Waals surface area contributed by atoms with Gasteiger partial charge in [0.05, 0.1) is 10.1 Å². The second-order valence-electron chi connectivity index (χ2n) is 10.1. The molecule has 0 radical (unpaired) electrons. The number of allylic oxidation sites excluding steroid dienone is 2. The van der Waals surface area contributed by atoms with Gasteiger partial charge in [0.2, 0.25) is 0 Å². The summed E-state index contributed by atoms with van der Waals surface area (Å²) < 4.78 is 126. The highest BCUT2D eigenvalue weighted by Gasteiger charge is 2.80. The molecule has 0 amide bonds. The Kier molecular flexibility index (Phi) is 7.81. The molecule has 5 nitrogen and oxygen atoms in total. The molecular formula is C29H23F6NO4S3. The summed E-state index contributed by atoms with van der Waals surface area (Å²) in [6.07, 6.45) is 3.21. The quantitative estimate of drug-likeness (QED) is 0.121. The van der Waals surface area contributed by atoms with Crippen LogP contribution in [0.5, 0.6) is 5.75 Å². The zero-order valence-electron chi connectivity index (χ0n) is 22.5. The van der Waals surface area contributed by atoms with E-state index < -0.39 is 55.9 Å². The third-order valence-corrected chi connectivity index (χ3v) is 10.2. The average Bonchev–Trinajstić information content (AvgIpc) is 3.51. The lowest BCUT2D eigenvalue weighted by molar-refractivity contribution is -0.696. The van der Waals surface area contributed by atoms with E-state index in [-0.39, 0.29) is 28.5 Å². The molecule has 0 saturated heterocycles. The fourth-order valence-electron chi connectivity index (χ4n) is 5.00. The molecule has 228 valence electrons. The lowest BCUT2D eigenvalue weighted by Crippen LogP contribution is -2.48. The van der Waals surface area contributed by atoms with Crippen LogP contribution in [0.1, 0.15) is 27.3 Å². The Bertz CT molecular complexity index is 1830. The van der Waals surface area contributed by atoms with Crippen molar-refractivity contribution in [3.63, 3.8) is 0 Å². The zero-order valence-corrected chi connectivity index (χ0v) is 25.0. The highest BCUT2D eigenvalue weighted by molar-refractivity contribution is 7.85. The molecule has 14 heteroatoms. The number of halogens is 6. The molecule has 3 heterocycles. The van der Waals surface area contributed by atoms with Crippen LogP contribution < -0.4 is 4.57 Å². The first-order chi connectivity index (χ1) is 19.9. The zero-order chi connectivity index (χ0) is 31.5. The third-order valence-electron chi connectivity index (χ3n) is 7.18. The van der Waals surface area contributed by atoms with E-state index in [0.717, 1.165) is 22.7 Å². The first-order valence-corrected chi connectivity index (χ1v) is 16.0. The van der Waals surface area contributed by atoms with Crippen molar-refractivity contribution in [2.24, 2.45) is 0 Å². The van der Waals surface area contributed by atoms with E-state index in [4.69, 9.17) is 0 Å². The van der Waals surface area contributed by atoms with Crippen molar-refractivity contribution in [2.75, 3.05) is 5.75 Å². The summed E-state index contributed by atoms with van der Waals surface area (Å²) in [6, 6.07) is 11.3. The number of pyridine rings is 1. The number of aryl methyl sites for hydroxylation is 3. The highest BCUT2D eigenvalue weighted by atomic mass is 32.2. The van der Waals surface area contributed by atoms with Crippen molar-refractivity contribution in [1.29, 1.82) is 0 Å². The summed E-state index contributed by atoms with van der Waals surface area (Å²) >= 11 is 1.96. The molecule has 43 heavy (non-hydrogen) atoms. The van der Waals surface area contributed by atoms with Gasteiger partial charge in [-0.3, -0.25) is 0 Å². The van der Waals surface area contributed by atoms with E-state index in [2.05, 4.69) is 0 Å². The Morgan fingerprint density at radius 3 is 1.67 bits per heavy atom. The molecule has 1 aliphatic carbocycles. The van der Waals surface area contributed by atoms with Gasteiger partial charge in [-0.1, -0.05) is 0 Å². The van der Waals surface area contributed by atoms with Crippen LogP contribution in [0.4, 0.5) is 26.3 Å². The van der Waals surface area contributed by atoms with E-state index >= 15 is 17.6 Å². The number of thiophene rings is 2. The van der Waals surface area contributed by atoms with Crippen LogP contribution >= 0.6 is 22.7 Å². The van der Waals surface area contributed by atoms with Crippen LogP contribution in [0.2, 0.25) is 0 Å². The van der Waals surface area contributed by atoms with Gasteiger partial charge >= 0.3 is 17.8 Å². The SMILES string of the molecule is Cc1sc(-c2ccc(O)cc2)cc1C1=C(c2cc(-c3cc[n+](CCCS(=O)(=O)[O-])cc3)sc2C)C(F)(F)C(F)(F)C1(F)F. The van der Waals surface area contributed by atoms with Crippen LogP contribution in [0, 0.1) is 13.8 Å². The number of hydrogen-bond acceptors (Lipinski definition) is 6. The molecule has 1 aliphatic rings. The molecule has 0 unspecified atom stereocenters. The minimum Gasteiger partial charge on any atom is -0.748 e. The normalized spacial score (nSPS) is 17.5. The summed E-state index contributed by atoms with van der Waals surface area (Å²) in [4.78, 5) is 1.03. The number of aromatic hydroxyl groups is 1. The van der Waals surface area contributed by atoms with Gasteiger partial charge < -0.3 is 9.66 Å². The molecule has 1 aromatic carbocycles. The topological polar surface area (TPSA) is 81.3 Å². The smallest absolute Gasteiger partial charge is 0.380 e. The van der Waals surface area contributed by atoms with E-state index in [1.807, 2.05) is 0 Å². The molecule has 0 saturated carbocycles. The predicted octanol–water partition coefficient (Wildman–Crippen LogP) is 7.52. The first kappa shape index (κ1) is 31.2. The van der Waals surface area contributed by atoms with Gasteiger partial charge in [0.15, 0.2) is 12.4 Å². The fourth-order valence-corrected chi connectivity index (χ4v) is 7.54. The van der Waals surface area contributed by atoms with Crippen molar-refractivity contribution in [2.45, 2.75) is 44.6 Å². The molecule has 0 bridgehead atoms. The highest BCUT2D eigenvalue weighted by Crippen LogP contribution is 2.66. The van der Waals surface area contributed by atoms with Gasteiger partial charge in [-0.25, -0.2) is 13.0 Å². The van der Waals surface area contributed by atoms with Crippen molar-refractivity contribution in [3.8, 4) is 26.6 Å². The number of rotatable bonds is 8. The van der Waals surface area contributed by atoms with Crippen LogP contribution in [-0.2, 0) is 16.7 Å². The van der Waals surface area contributed by atoms with Crippen molar-refractivity contribution < 1.29 is 49.0 Å². The number of phenolic OH excluding ortho intramolecular Hbond substituents is 1. The monoisotopic (exact) mass is 659 g/mol. The number of benzene rings is 1. The van der Waals surface area contributed by atoms with Gasteiger partial charge in [0.1, 0.15) is 12.3 Å². The number of phenols is 1. The van der Waals surface area contributed by atoms with Crippen molar-refractivity contribution in [1.82, 2.24) is 0 Å². The second kappa shape index (κ2) is 10.8. The van der Waals surface area contributed by atoms with E-state index in [0.29, 0.717) is 20.9 Å². The summed E-state index contributed by atoms with van der Waals surface area (Å²) in [6.45, 7) is 3.01. The van der Waals surface area contributed by atoms with Gasteiger partial charge in [0, 0.05) is 60.5 Å². The molecule has 0 atom stereocenters. The number of aromatic nitrogens is 1. The molecule has 0 aliphatic heterocycles. The Balaban J connectivity index is 1.60. The number of nitrogens with zero attached hydrogens (tertiary/aromatic N) is 1. The Labute approximate surface area is 251 Å². The minimum absolute atomic E-state index is 0.0458. The van der Waals surface area contributed by atoms with Crippen molar-refractivity contribution >= 4 is 43.9 Å². The van der Waals surface area contributed by atoms with Crippen molar-refractivity contribution in [3.05, 3.63) is 81.8 Å². The molecule has 0 spiro atoms. The number of alkyl halides is 6. The van der Waals surface area contributed by atoms with Gasteiger partial charge in [-0.05, 0) is 66.9 Å². The lowest BCUT2D eigenvalue weighted by Gasteiger charge is -2.25. The van der Waals surface area contributed by atoms with Crippen LogP contribution in [0.15, 0.2) is 60.9 Å². The van der Waals surface area contributed by atoms with Crippen LogP contribution in [-0.4, -0.2) is 41.6 Å². The Hall–Kier alpha value is -3.20. The maximum Gasteiger partial charge on any atom is 0.380 e. The van der Waals surface area contributed by atoms with E-state index in [1.54, 1.807) is 29.1 Å². The van der Waals surface area contributed by atoms with Gasteiger partial charge in [-0.2, -0.15) is 26.3 Å². The molecular weight excluding hydrogens is 637 g/mol. The minimum atomic E-state index is -5.69. The summed E-state index contributed by atoms with van der Waals surface area (Å²) in [7, 11) is -4.37. The summed E-state index contributed by atoms with van der Waals surface area (Å²) in [5, 5.41) is 9.56. The van der Waals surface area contributed by atoms with Gasteiger partial charge in [-0.15, -0.1) is 22.7 Å². The summed E-state index contributed by atoms with van der Waals surface area (Å²) in [5.41, 5.74) is -2.68. The number of hydrogen-bond donors (Lipinski definition) is 1. The summed E-state index contributed by atoms with van der Waals surface area (Å²) in [5.74, 6) is -16.7. The standard InChI is InChI=1S/C29H23F6NO4S3/c1-16-21(14-23(41-16)18-4-6-20(37)7-5-18)25-26(28(32,33)29(34,35)27(25,30)31)22-15-24(42-17(22)2)19-8-11-36(12-9-19)10-3-13-43(38,39)40/h4-9,11-12,14-15H,3,10,13H2,1-2H3,(H-,37,38,39,40). The van der Waals surface area contributed by atoms with E-state index in [1.165, 1.54) is 50.2 Å². The third kappa shape index (κ3) is 5.49. The average molecular weight is 660 g/mol. The van der Waals surface area contributed by atoms with Crippen LogP contribution in [0.25, 0.3) is 32.0 Å². The molecule has 0 fully saturated rings. The Morgan fingerprint density at radius 1 is 0.791 bits per heavy atom. The predicted molar refractivity (Wildman–Crippen MR) is 152 cm³/mol. The van der Waals surface area contributed by atoms with E-state index in [9.17, 15) is 26.9 Å². The maximum atomic E-state index is 15.5. The maximum absolute atomic E-state index is 15.5. The second-order valence-corrected chi connectivity index (χ2v) is 14.2. The first-order valence-electron chi connectivity index (χ1n) is 12.8. The molecule has 1 N–H and O–H groups in total. The fraction of sp³-hybridized carbons (Fsp3) is 0.276.